The zero-order valence-corrected chi connectivity index (χ0v) is 30.3. The highest BCUT2D eigenvalue weighted by Gasteiger charge is 2.26. The topological polar surface area (TPSA) is 109 Å². The molecule has 0 saturated carbocycles. The van der Waals surface area contributed by atoms with Crippen LogP contribution in [-0.2, 0) is 31.9 Å². The molecular weight excluding hydrogens is 700 g/mol. The number of nitrogens with zero attached hydrogens (tertiary/aromatic N) is 2. The summed E-state index contributed by atoms with van der Waals surface area (Å²) in [4.78, 5) is 43.1. The Morgan fingerprint density at radius 1 is 0.867 bits per heavy atom. The third kappa shape index (κ3) is 7.49. The van der Waals surface area contributed by atoms with Crippen molar-refractivity contribution in [2.75, 3.05) is 14.2 Å². The molecule has 4 heterocycles. The van der Waals surface area contributed by atoms with Crippen molar-refractivity contribution in [3.8, 4) is 0 Å². The van der Waals surface area contributed by atoms with Gasteiger partial charge in [-0.15, -0.1) is 0 Å². The predicted octanol–water partition coefficient (Wildman–Crippen LogP) is 8.53. The Hall–Kier alpha value is -3.50. The quantitative estimate of drug-likeness (QED) is 0.225. The predicted molar refractivity (Wildman–Crippen MR) is 190 cm³/mol. The molecule has 0 amide bonds. The molecule has 0 saturated heterocycles. The molecule has 0 bridgehead atoms. The van der Waals surface area contributed by atoms with Gasteiger partial charge >= 0.3 is 11.9 Å². The Kier molecular flexibility index (Phi) is 11.3. The number of hydrogen-bond donors (Lipinski definition) is 2. The lowest BCUT2D eigenvalue weighted by molar-refractivity contribution is -0.141. The fourth-order valence-corrected chi connectivity index (χ4v) is 6.60. The molecule has 238 valence electrons. The van der Waals surface area contributed by atoms with Gasteiger partial charge in [0, 0.05) is 58.3 Å². The Morgan fingerprint density at radius 3 is 2.09 bits per heavy atom. The average Bonchev–Trinajstić information content (AvgIpc) is 3.69. The highest BCUT2D eigenvalue weighted by Crippen LogP contribution is 2.36. The Morgan fingerprint density at radius 2 is 1.49 bits per heavy atom. The van der Waals surface area contributed by atoms with Gasteiger partial charge in [0.2, 0.25) is 0 Å². The fourth-order valence-electron chi connectivity index (χ4n) is 5.78. The highest BCUT2D eigenvalue weighted by molar-refractivity contribution is 9.16. The second-order valence-electron chi connectivity index (χ2n) is 11.4. The number of esters is 2. The summed E-state index contributed by atoms with van der Waals surface area (Å²) in [5.41, 5.74) is 15.2. The Balaban J connectivity index is 1.79. The third-order valence-corrected chi connectivity index (χ3v) is 10.3. The minimum Gasteiger partial charge on any atom is -0.469 e. The molecule has 0 spiro atoms. The highest BCUT2D eigenvalue weighted by atomic mass is 79.9. The van der Waals surface area contributed by atoms with Gasteiger partial charge in [0.25, 0.3) is 0 Å². The molecule has 10 heteroatoms. The van der Waals surface area contributed by atoms with Crippen LogP contribution >= 0.6 is 31.9 Å². The monoisotopic (exact) mass is 738 g/mol. The summed E-state index contributed by atoms with van der Waals surface area (Å²) < 4.78 is 10.9. The van der Waals surface area contributed by atoms with Gasteiger partial charge in [-0.2, -0.15) is 0 Å². The van der Waals surface area contributed by atoms with Gasteiger partial charge in [0.15, 0.2) is 0 Å². The first-order chi connectivity index (χ1) is 21.4. The van der Waals surface area contributed by atoms with E-state index >= 15 is 0 Å². The summed E-state index contributed by atoms with van der Waals surface area (Å²) in [5, 5.41) is 0. The minimum atomic E-state index is -0.266. The van der Waals surface area contributed by atoms with E-state index in [1.165, 1.54) is 14.2 Å². The van der Waals surface area contributed by atoms with Gasteiger partial charge in [-0.25, -0.2) is 0 Å². The summed E-state index contributed by atoms with van der Waals surface area (Å²) in [5.74, 6) is -0.523. The Bertz CT molecular complexity index is 1760. The van der Waals surface area contributed by atoms with E-state index in [4.69, 9.17) is 14.5 Å². The normalized spacial score (nSPS) is 16.9. The number of rotatable bonds is 11. The molecule has 2 aliphatic rings. The summed E-state index contributed by atoms with van der Waals surface area (Å²) in [6, 6.07) is 0. The Labute approximate surface area is 281 Å². The van der Waals surface area contributed by atoms with Crippen molar-refractivity contribution in [1.29, 1.82) is 0 Å². The van der Waals surface area contributed by atoms with Crippen molar-refractivity contribution in [3.63, 3.8) is 0 Å². The SMILES string of the molecule is COC(=O)CCC1=C(C)/C(=C\c2[nH]c(C)c(/C(Br)=C/Br)c2C)N=C1Cc1[nH]c(/C=C2\N=CC(C)=C2C)c(C)c1CCC(=O)OC. The summed E-state index contributed by atoms with van der Waals surface area (Å²) in [7, 11) is 2.82. The molecular formula is C35H40Br2N4O4. The zero-order chi connectivity index (χ0) is 33.0. The van der Waals surface area contributed by atoms with Gasteiger partial charge in [-0.05, 0) is 126 Å². The van der Waals surface area contributed by atoms with E-state index in [0.29, 0.717) is 19.3 Å². The van der Waals surface area contributed by atoms with Gasteiger partial charge in [0.1, 0.15) is 0 Å². The maximum atomic E-state index is 12.2. The van der Waals surface area contributed by atoms with Gasteiger partial charge in [-0.3, -0.25) is 19.6 Å². The van der Waals surface area contributed by atoms with Crippen LogP contribution in [0.2, 0.25) is 0 Å². The van der Waals surface area contributed by atoms with Crippen molar-refractivity contribution >= 4 is 72.4 Å². The molecule has 2 aromatic heterocycles. The number of carbonyl (C=O) groups is 2. The lowest BCUT2D eigenvalue weighted by atomic mass is 9.95. The molecule has 0 fully saturated rings. The number of aromatic nitrogens is 2. The standard InChI is InChI=1S/C35H40Br2N4O4/c1-18-17-38-27(19(18)2)13-28-20(3)24(9-11-33(42)44-7)31(40-28)15-32-25(10-12-34(43)45-8)21(4)29(41-32)14-30-22(5)35(23(6)39-30)26(37)16-36/h13-14,16-17,39-40H,9-12,15H2,1-8H3/b26-16-,27-13-,29-14+. The molecule has 2 aromatic rings. The van der Waals surface area contributed by atoms with Crippen molar-refractivity contribution in [3.05, 3.63) is 83.7 Å². The number of aryl methyl sites for hydroxylation is 1. The number of aromatic amines is 2. The maximum Gasteiger partial charge on any atom is 0.305 e. The number of aliphatic imine (C=N–C) groups is 2. The van der Waals surface area contributed by atoms with Crippen molar-refractivity contribution < 1.29 is 19.1 Å². The first-order valence-electron chi connectivity index (χ1n) is 14.8. The number of ether oxygens (including phenoxy) is 2. The molecule has 2 N–H and O–H groups in total. The second-order valence-corrected chi connectivity index (χ2v) is 12.7. The van der Waals surface area contributed by atoms with E-state index < -0.39 is 0 Å². The smallest absolute Gasteiger partial charge is 0.305 e. The number of allylic oxidation sites excluding steroid dienone is 4. The van der Waals surface area contributed by atoms with Gasteiger partial charge < -0.3 is 19.4 Å². The molecule has 0 aromatic carbocycles. The molecule has 0 atom stereocenters. The number of nitrogens with one attached hydrogen (secondary N) is 2. The first-order valence-corrected chi connectivity index (χ1v) is 16.5. The lowest BCUT2D eigenvalue weighted by Crippen LogP contribution is -2.10. The molecule has 45 heavy (non-hydrogen) atoms. The van der Waals surface area contributed by atoms with Crippen LogP contribution in [0, 0.1) is 20.8 Å². The number of carbonyl (C=O) groups excluding carboxylic acids is 2. The molecule has 2 aliphatic heterocycles. The van der Waals surface area contributed by atoms with Gasteiger partial charge in [-0.1, -0.05) is 15.9 Å². The van der Waals surface area contributed by atoms with E-state index in [9.17, 15) is 9.59 Å². The van der Waals surface area contributed by atoms with Crippen molar-refractivity contribution in [1.82, 2.24) is 9.97 Å². The minimum absolute atomic E-state index is 0.252. The zero-order valence-electron chi connectivity index (χ0n) is 27.1. The molecule has 0 radical (unpaired) electrons. The van der Waals surface area contributed by atoms with Crippen LogP contribution < -0.4 is 0 Å². The molecule has 0 aliphatic carbocycles. The van der Waals surface area contributed by atoms with Gasteiger partial charge in [0.05, 0.1) is 31.3 Å². The van der Waals surface area contributed by atoms with E-state index in [1.54, 1.807) is 0 Å². The summed E-state index contributed by atoms with van der Waals surface area (Å²) in [6.07, 6.45) is 8.08. The van der Waals surface area contributed by atoms with Crippen LogP contribution in [0.15, 0.2) is 48.7 Å². The van der Waals surface area contributed by atoms with Crippen molar-refractivity contribution in [2.24, 2.45) is 9.98 Å². The fraction of sp³-hybridized carbons (Fsp3) is 0.371. The van der Waals surface area contributed by atoms with E-state index in [1.807, 2.05) is 18.1 Å². The third-order valence-electron chi connectivity index (χ3n) is 8.65. The molecule has 0 unspecified atom stereocenters. The summed E-state index contributed by atoms with van der Waals surface area (Å²) in [6.45, 7) is 12.4. The molecule has 4 rings (SSSR count). The summed E-state index contributed by atoms with van der Waals surface area (Å²) >= 11 is 7.07. The number of H-pyrrole nitrogens is 2. The first kappa shape index (κ1) is 34.4. The maximum absolute atomic E-state index is 12.2. The van der Waals surface area contributed by atoms with Crippen LogP contribution in [0.3, 0.4) is 0 Å². The number of hydrogen-bond acceptors (Lipinski definition) is 6. The van der Waals surface area contributed by atoms with E-state index in [2.05, 4.69) is 93.6 Å². The average molecular weight is 741 g/mol. The number of halogens is 2. The van der Waals surface area contributed by atoms with Crippen LogP contribution in [-0.4, -0.2) is 48.1 Å². The van der Waals surface area contributed by atoms with Crippen molar-refractivity contribution in [2.45, 2.75) is 73.6 Å². The second kappa shape index (κ2) is 14.7. The largest absolute Gasteiger partial charge is 0.469 e. The van der Waals surface area contributed by atoms with Crippen LogP contribution in [0.4, 0.5) is 0 Å². The van der Waals surface area contributed by atoms with Crippen LogP contribution in [0.25, 0.3) is 16.6 Å². The van der Waals surface area contributed by atoms with Crippen LogP contribution in [0.1, 0.15) is 85.1 Å². The van der Waals surface area contributed by atoms with Crippen LogP contribution in [0.5, 0.6) is 0 Å². The van der Waals surface area contributed by atoms with E-state index in [0.717, 1.165) is 88.9 Å². The lowest BCUT2D eigenvalue weighted by Gasteiger charge is -2.09. The van der Waals surface area contributed by atoms with E-state index in [-0.39, 0.29) is 24.8 Å². The number of methoxy groups -OCH3 is 2. The molecule has 8 nitrogen and oxygen atoms in total.